The maximum atomic E-state index is 13.5. The zero-order valence-electron chi connectivity index (χ0n) is 21.2. The number of carbonyl (C=O) groups excluding carboxylic acids is 2. The van der Waals surface area contributed by atoms with E-state index in [0.717, 1.165) is 16.4 Å². The fourth-order valence-corrected chi connectivity index (χ4v) is 5.31. The van der Waals surface area contributed by atoms with Crippen LogP contribution in [0.1, 0.15) is 22.8 Å². The minimum absolute atomic E-state index is 0.0246. The summed E-state index contributed by atoms with van der Waals surface area (Å²) < 4.78 is 41.1. The number of benzene rings is 4. The van der Waals surface area contributed by atoms with Gasteiger partial charge in [0.05, 0.1) is 16.3 Å². The number of amides is 2. The monoisotopic (exact) mass is 578 g/mol. The summed E-state index contributed by atoms with van der Waals surface area (Å²) in [6.45, 7) is 1.05. The molecule has 40 heavy (non-hydrogen) atoms. The number of carbonyl (C=O) groups is 2. The van der Waals surface area contributed by atoms with E-state index in [1.54, 1.807) is 73.7 Å². The highest BCUT2D eigenvalue weighted by Gasteiger charge is 2.27. The van der Waals surface area contributed by atoms with Crippen molar-refractivity contribution in [3.8, 4) is 0 Å². The van der Waals surface area contributed by atoms with E-state index in [0.29, 0.717) is 27.5 Å². The maximum absolute atomic E-state index is 13.5. The Balaban J connectivity index is 1.49. The van der Waals surface area contributed by atoms with Gasteiger partial charge < -0.3 is 5.32 Å². The molecule has 0 heterocycles. The quantitative estimate of drug-likeness (QED) is 0.203. The van der Waals surface area contributed by atoms with Gasteiger partial charge >= 0.3 is 0 Å². The van der Waals surface area contributed by atoms with E-state index in [9.17, 15) is 22.4 Å². The fourth-order valence-electron chi connectivity index (χ4n) is 3.67. The Morgan fingerprint density at radius 1 is 0.875 bits per heavy atom. The van der Waals surface area contributed by atoms with E-state index < -0.39 is 28.3 Å². The van der Waals surface area contributed by atoms with E-state index >= 15 is 0 Å². The summed E-state index contributed by atoms with van der Waals surface area (Å²) in [5.74, 6) is -1.60. The third-order valence-corrected chi connectivity index (χ3v) is 7.73. The van der Waals surface area contributed by atoms with Gasteiger partial charge in [-0.25, -0.2) is 18.2 Å². The van der Waals surface area contributed by atoms with Gasteiger partial charge in [0.2, 0.25) is 0 Å². The third-order valence-electron chi connectivity index (χ3n) is 5.71. The van der Waals surface area contributed by atoms with Crippen molar-refractivity contribution in [2.24, 2.45) is 5.10 Å². The summed E-state index contributed by atoms with van der Waals surface area (Å²) in [5.41, 5.74) is 4.40. The minimum atomic E-state index is -4.14. The van der Waals surface area contributed by atoms with Gasteiger partial charge in [-0.1, -0.05) is 48.0 Å². The van der Waals surface area contributed by atoms with Gasteiger partial charge in [0.15, 0.2) is 0 Å². The number of nitrogens with zero attached hydrogens (tertiary/aromatic N) is 2. The molecule has 0 spiro atoms. The molecule has 0 saturated carbocycles. The number of rotatable bonds is 9. The first kappa shape index (κ1) is 28.5. The lowest BCUT2D eigenvalue weighted by atomic mass is 10.1. The molecule has 0 aliphatic carbocycles. The first-order valence-electron chi connectivity index (χ1n) is 12.0. The largest absolute Gasteiger partial charge is 0.322 e. The lowest BCUT2D eigenvalue weighted by Gasteiger charge is -2.23. The molecule has 0 atom stereocenters. The Bertz CT molecular complexity index is 1660. The third kappa shape index (κ3) is 7.10. The molecule has 0 radical (unpaired) electrons. The molecule has 2 amide bonds. The summed E-state index contributed by atoms with van der Waals surface area (Å²) in [6.07, 6.45) is 0. The van der Waals surface area contributed by atoms with Crippen molar-refractivity contribution in [3.05, 3.63) is 125 Å². The number of halogens is 2. The van der Waals surface area contributed by atoms with Gasteiger partial charge in [0.1, 0.15) is 12.4 Å². The van der Waals surface area contributed by atoms with Crippen LogP contribution in [0.2, 0.25) is 5.02 Å². The van der Waals surface area contributed by atoms with Crippen LogP contribution < -0.4 is 15.0 Å². The number of anilines is 2. The van der Waals surface area contributed by atoms with Crippen molar-refractivity contribution in [2.75, 3.05) is 16.2 Å². The van der Waals surface area contributed by atoms with Gasteiger partial charge in [-0.3, -0.25) is 13.9 Å². The second-order valence-corrected chi connectivity index (χ2v) is 10.9. The van der Waals surface area contributed by atoms with Crippen LogP contribution in [0, 0.1) is 5.82 Å². The zero-order valence-corrected chi connectivity index (χ0v) is 22.8. The molecule has 4 rings (SSSR count). The van der Waals surface area contributed by atoms with E-state index in [1.165, 1.54) is 24.3 Å². The topological polar surface area (TPSA) is 108 Å². The van der Waals surface area contributed by atoms with Crippen LogP contribution in [0.4, 0.5) is 15.8 Å². The van der Waals surface area contributed by atoms with Crippen molar-refractivity contribution >= 4 is 50.5 Å². The maximum Gasteiger partial charge on any atom is 0.264 e. The van der Waals surface area contributed by atoms with Crippen LogP contribution in [-0.2, 0) is 14.8 Å². The Labute approximate surface area is 236 Å². The standard InChI is InChI=1S/C29H24ClFN4O4S/c1-20(21-7-6-10-25(18-21)32-29(37)22-8-5-9-23(30)17-22)33-34-28(36)19-35(26-15-13-24(31)14-16-26)40(38,39)27-11-3-2-4-12-27/h2-18H,19H2,1H3,(H,32,37)(H,34,36)/b33-20-. The van der Waals surface area contributed by atoms with E-state index in [4.69, 9.17) is 11.6 Å². The molecule has 0 saturated heterocycles. The highest BCUT2D eigenvalue weighted by Crippen LogP contribution is 2.24. The molecule has 0 aromatic heterocycles. The normalized spacial score (nSPS) is 11.5. The van der Waals surface area contributed by atoms with Gasteiger partial charge in [0, 0.05) is 16.3 Å². The Hall–Kier alpha value is -4.54. The molecule has 4 aromatic carbocycles. The van der Waals surface area contributed by atoms with Crippen LogP contribution in [0.25, 0.3) is 0 Å². The molecule has 11 heteroatoms. The molecule has 8 nitrogen and oxygen atoms in total. The van der Waals surface area contributed by atoms with Crippen LogP contribution in [0.5, 0.6) is 0 Å². The summed E-state index contributed by atoms with van der Waals surface area (Å²) in [7, 11) is -4.14. The van der Waals surface area contributed by atoms with Gasteiger partial charge in [-0.2, -0.15) is 5.10 Å². The lowest BCUT2D eigenvalue weighted by Crippen LogP contribution is -2.39. The van der Waals surface area contributed by atoms with Crippen molar-refractivity contribution in [3.63, 3.8) is 0 Å². The van der Waals surface area contributed by atoms with Crippen molar-refractivity contribution < 1.29 is 22.4 Å². The fraction of sp³-hybridized carbons (Fsp3) is 0.0690. The average molecular weight is 579 g/mol. The Morgan fingerprint density at radius 2 is 1.55 bits per heavy atom. The number of hydrogen-bond donors (Lipinski definition) is 2. The molecule has 204 valence electrons. The van der Waals surface area contributed by atoms with Crippen molar-refractivity contribution in [1.29, 1.82) is 0 Å². The van der Waals surface area contributed by atoms with Crippen molar-refractivity contribution in [1.82, 2.24) is 5.43 Å². The second kappa shape index (κ2) is 12.5. The molecule has 0 bridgehead atoms. The summed E-state index contributed by atoms with van der Waals surface area (Å²) >= 11 is 5.97. The predicted molar refractivity (Wildman–Crippen MR) is 154 cm³/mol. The predicted octanol–water partition coefficient (Wildman–Crippen LogP) is 5.47. The molecule has 4 aromatic rings. The van der Waals surface area contributed by atoms with Crippen molar-refractivity contribution in [2.45, 2.75) is 11.8 Å². The van der Waals surface area contributed by atoms with E-state index in [1.807, 2.05) is 0 Å². The molecular formula is C29H24ClFN4O4S. The minimum Gasteiger partial charge on any atom is -0.322 e. The summed E-state index contributed by atoms with van der Waals surface area (Å²) in [6, 6.07) is 25.8. The smallest absolute Gasteiger partial charge is 0.264 e. The Morgan fingerprint density at radius 3 is 2.25 bits per heavy atom. The van der Waals surface area contributed by atoms with Crippen LogP contribution in [0.3, 0.4) is 0 Å². The second-order valence-electron chi connectivity index (χ2n) is 8.58. The number of nitrogens with one attached hydrogen (secondary N) is 2. The van der Waals surface area contributed by atoms with Gasteiger partial charge in [0.25, 0.3) is 21.8 Å². The van der Waals surface area contributed by atoms with Crippen LogP contribution >= 0.6 is 11.6 Å². The number of hydrazone groups is 1. The average Bonchev–Trinajstić information content (AvgIpc) is 2.95. The van der Waals surface area contributed by atoms with Gasteiger partial charge in [-0.15, -0.1) is 0 Å². The lowest BCUT2D eigenvalue weighted by molar-refractivity contribution is -0.119. The van der Waals surface area contributed by atoms with Crippen LogP contribution in [0.15, 0.2) is 113 Å². The van der Waals surface area contributed by atoms with Crippen LogP contribution in [-0.4, -0.2) is 32.5 Å². The summed E-state index contributed by atoms with van der Waals surface area (Å²) in [4.78, 5) is 25.4. The number of hydrogen-bond acceptors (Lipinski definition) is 5. The molecule has 0 unspecified atom stereocenters. The molecular weight excluding hydrogens is 555 g/mol. The highest BCUT2D eigenvalue weighted by molar-refractivity contribution is 7.92. The zero-order chi connectivity index (χ0) is 28.7. The van der Waals surface area contributed by atoms with E-state index in [-0.39, 0.29) is 16.5 Å². The highest BCUT2D eigenvalue weighted by atomic mass is 35.5. The summed E-state index contributed by atoms with van der Waals surface area (Å²) in [5, 5.41) is 7.33. The SMILES string of the molecule is C/C(=N/NC(=O)CN(c1ccc(F)cc1)S(=O)(=O)c1ccccc1)c1cccc(NC(=O)c2cccc(Cl)c2)c1. The first-order chi connectivity index (χ1) is 19.1. The van der Waals surface area contributed by atoms with Gasteiger partial charge in [-0.05, 0) is 79.2 Å². The molecule has 2 N–H and O–H groups in total. The first-order valence-corrected chi connectivity index (χ1v) is 13.8. The number of sulfonamides is 1. The molecule has 0 aliphatic heterocycles. The molecule has 0 aliphatic rings. The molecule has 0 fully saturated rings. The van der Waals surface area contributed by atoms with E-state index in [2.05, 4.69) is 15.8 Å². The Kier molecular flexibility index (Phi) is 8.93.